The normalized spacial score (nSPS) is 11.2. The van der Waals surface area contributed by atoms with Crippen LogP contribution in [-0.4, -0.2) is 14.7 Å². The predicted octanol–water partition coefficient (Wildman–Crippen LogP) is 0.398. The number of benzene rings is 1. The lowest BCUT2D eigenvalue weighted by Gasteiger charge is -2.03. The van der Waals surface area contributed by atoms with Crippen LogP contribution in [0.25, 0.3) is 0 Å². The van der Waals surface area contributed by atoms with Gasteiger partial charge in [-0.3, -0.25) is 14.7 Å². The third-order valence-electron chi connectivity index (χ3n) is 1.39. The summed E-state index contributed by atoms with van der Waals surface area (Å²) < 4.78 is 10.7. The molecule has 0 atom stereocenters. The van der Waals surface area contributed by atoms with Crippen molar-refractivity contribution in [2.45, 2.75) is 0 Å². The van der Waals surface area contributed by atoms with Crippen LogP contribution in [0.3, 0.4) is 0 Å². The maximum absolute atomic E-state index is 10.7. The van der Waals surface area contributed by atoms with Crippen molar-refractivity contribution in [2.75, 3.05) is 0 Å². The molecule has 0 amide bonds. The molecule has 1 rings (SSSR count). The fourth-order valence-electron chi connectivity index (χ4n) is 0.865. The first-order chi connectivity index (χ1) is 5.93. The molecular formula is C6H6NO5P. The molecule has 0 bridgehead atoms. The zero-order chi connectivity index (χ0) is 10.1. The zero-order valence-corrected chi connectivity index (χ0v) is 7.22. The standard InChI is InChI=1S/C6H6NO5P/c8-7(9)5-3-1-2-4-6(5)13(10,11)12/h1-4H,(H2,10,11,12). The van der Waals surface area contributed by atoms with Gasteiger partial charge < -0.3 is 9.79 Å². The van der Waals surface area contributed by atoms with Gasteiger partial charge in [-0.15, -0.1) is 0 Å². The summed E-state index contributed by atoms with van der Waals surface area (Å²) in [5.41, 5.74) is -0.559. The Kier molecular flexibility index (Phi) is 2.47. The Morgan fingerprint density at radius 1 is 1.31 bits per heavy atom. The van der Waals surface area contributed by atoms with E-state index in [-0.39, 0.29) is 0 Å². The molecule has 0 unspecified atom stereocenters. The second-order valence-corrected chi connectivity index (χ2v) is 3.86. The number of nitro groups is 1. The summed E-state index contributed by atoms with van der Waals surface area (Å²) >= 11 is 0. The number of nitrogens with zero attached hydrogens (tertiary/aromatic N) is 1. The third kappa shape index (κ3) is 2.12. The van der Waals surface area contributed by atoms with Gasteiger partial charge >= 0.3 is 7.60 Å². The van der Waals surface area contributed by atoms with Crippen LogP contribution in [0.1, 0.15) is 0 Å². The highest BCUT2D eigenvalue weighted by Crippen LogP contribution is 2.36. The van der Waals surface area contributed by atoms with E-state index in [4.69, 9.17) is 9.79 Å². The molecule has 13 heavy (non-hydrogen) atoms. The molecule has 0 aliphatic heterocycles. The summed E-state index contributed by atoms with van der Waals surface area (Å²) in [6.07, 6.45) is 0. The lowest BCUT2D eigenvalue weighted by molar-refractivity contribution is -0.383. The van der Waals surface area contributed by atoms with Crippen LogP contribution < -0.4 is 5.30 Å². The highest BCUT2D eigenvalue weighted by atomic mass is 31.2. The quantitative estimate of drug-likeness (QED) is 0.411. The highest BCUT2D eigenvalue weighted by Gasteiger charge is 2.27. The molecule has 0 heterocycles. The van der Waals surface area contributed by atoms with Crippen LogP contribution >= 0.6 is 7.60 Å². The number of hydrogen-bond acceptors (Lipinski definition) is 3. The zero-order valence-electron chi connectivity index (χ0n) is 6.32. The molecule has 2 N–H and O–H groups in total. The van der Waals surface area contributed by atoms with Gasteiger partial charge in [0.25, 0.3) is 5.69 Å². The molecular weight excluding hydrogens is 197 g/mol. The Labute approximate surface area is 73.1 Å². The molecule has 0 aliphatic rings. The van der Waals surface area contributed by atoms with Crippen molar-refractivity contribution in [1.82, 2.24) is 0 Å². The lowest BCUT2D eigenvalue weighted by atomic mass is 10.3. The fraction of sp³-hybridized carbons (Fsp3) is 0. The minimum Gasteiger partial charge on any atom is -0.321 e. The molecule has 0 aliphatic carbocycles. The Morgan fingerprint density at radius 3 is 2.23 bits per heavy atom. The van der Waals surface area contributed by atoms with Crippen LogP contribution in [0.2, 0.25) is 0 Å². The monoisotopic (exact) mass is 203 g/mol. The second-order valence-electron chi connectivity index (χ2n) is 2.29. The van der Waals surface area contributed by atoms with Crippen molar-refractivity contribution >= 4 is 18.6 Å². The number of nitro benzene ring substituents is 1. The summed E-state index contributed by atoms with van der Waals surface area (Å²) in [6.45, 7) is 0. The Bertz CT molecular complexity index is 384. The number of hydrogen-bond donors (Lipinski definition) is 2. The Balaban J connectivity index is 3.37. The summed E-state index contributed by atoms with van der Waals surface area (Å²) in [5, 5.41) is 9.78. The van der Waals surface area contributed by atoms with Crippen molar-refractivity contribution in [3.63, 3.8) is 0 Å². The largest absolute Gasteiger partial charge is 0.363 e. The van der Waals surface area contributed by atoms with Crippen LogP contribution in [-0.2, 0) is 4.57 Å². The summed E-state index contributed by atoms with van der Waals surface area (Å²) in [6, 6.07) is 4.77. The molecule has 0 saturated heterocycles. The molecule has 0 aromatic heterocycles. The van der Waals surface area contributed by atoms with Gasteiger partial charge in [0.2, 0.25) is 0 Å². The van der Waals surface area contributed by atoms with E-state index in [1.807, 2.05) is 0 Å². The SMILES string of the molecule is O=[N+]([O-])c1ccccc1P(=O)(O)O. The topological polar surface area (TPSA) is 101 Å². The Morgan fingerprint density at radius 2 is 1.85 bits per heavy atom. The molecule has 7 heteroatoms. The van der Waals surface area contributed by atoms with Crippen molar-refractivity contribution in [1.29, 1.82) is 0 Å². The molecule has 70 valence electrons. The average molecular weight is 203 g/mol. The smallest absolute Gasteiger partial charge is 0.321 e. The average Bonchev–Trinajstić information content (AvgIpc) is 2.03. The maximum Gasteiger partial charge on any atom is 0.363 e. The van der Waals surface area contributed by atoms with E-state index >= 15 is 0 Å². The van der Waals surface area contributed by atoms with Gasteiger partial charge in [-0.25, -0.2) is 0 Å². The second kappa shape index (κ2) is 3.26. The van der Waals surface area contributed by atoms with Gasteiger partial charge in [0, 0.05) is 6.07 Å². The van der Waals surface area contributed by atoms with E-state index in [1.54, 1.807) is 0 Å². The molecule has 0 saturated carbocycles. The first-order valence-electron chi connectivity index (χ1n) is 3.22. The van der Waals surface area contributed by atoms with E-state index in [0.29, 0.717) is 0 Å². The first-order valence-corrected chi connectivity index (χ1v) is 4.83. The van der Waals surface area contributed by atoms with E-state index < -0.39 is 23.5 Å². The van der Waals surface area contributed by atoms with Crippen LogP contribution in [0, 0.1) is 10.1 Å². The van der Waals surface area contributed by atoms with Crippen molar-refractivity contribution in [3.05, 3.63) is 34.4 Å². The van der Waals surface area contributed by atoms with E-state index in [1.165, 1.54) is 12.1 Å². The lowest BCUT2D eigenvalue weighted by Crippen LogP contribution is -2.09. The summed E-state index contributed by atoms with van der Waals surface area (Å²) in [5.74, 6) is 0. The van der Waals surface area contributed by atoms with Gasteiger partial charge in [-0.05, 0) is 6.07 Å². The molecule has 6 nitrogen and oxygen atoms in total. The predicted molar refractivity (Wildman–Crippen MR) is 44.8 cm³/mol. The Hall–Kier alpha value is -1.23. The third-order valence-corrected chi connectivity index (χ3v) is 2.40. The highest BCUT2D eigenvalue weighted by molar-refractivity contribution is 7.60. The van der Waals surface area contributed by atoms with Gasteiger partial charge in [-0.2, -0.15) is 0 Å². The summed E-state index contributed by atoms with van der Waals surface area (Å²) in [4.78, 5) is 27.0. The molecule has 0 spiro atoms. The van der Waals surface area contributed by atoms with Gasteiger partial charge in [0.05, 0.1) is 4.92 Å². The summed E-state index contributed by atoms with van der Waals surface area (Å²) in [7, 11) is -4.55. The van der Waals surface area contributed by atoms with E-state index in [2.05, 4.69) is 0 Å². The van der Waals surface area contributed by atoms with Crippen molar-refractivity contribution in [3.8, 4) is 0 Å². The maximum atomic E-state index is 10.7. The minimum atomic E-state index is -4.55. The van der Waals surface area contributed by atoms with Crippen LogP contribution in [0.4, 0.5) is 5.69 Å². The van der Waals surface area contributed by atoms with Crippen molar-refractivity contribution < 1.29 is 19.3 Å². The van der Waals surface area contributed by atoms with Crippen LogP contribution in [0.15, 0.2) is 24.3 Å². The van der Waals surface area contributed by atoms with Gasteiger partial charge in [0.15, 0.2) is 0 Å². The fourth-order valence-corrected chi connectivity index (χ4v) is 1.60. The van der Waals surface area contributed by atoms with Crippen LogP contribution in [0.5, 0.6) is 0 Å². The number of para-hydroxylation sites is 1. The number of rotatable bonds is 2. The van der Waals surface area contributed by atoms with Crippen molar-refractivity contribution in [2.24, 2.45) is 0 Å². The van der Waals surface area contributed by atoms with Gasteiger partial charge in [-0.1, -0.05) is 12.1 Å². The molecule has 1 aromatic carbocycles. The van der Waals surface area contributed by atoms with Gasteiger partial charge in [0.1, 0.15) is 5.30 Å². The van der Waals surface area contributed by atoms with E-state index in [0.717, 1.165) is 12.1 Å². The molecule has 0 radical (unpaired) electrons. The first kappa shape index (κ1) is 9.85. The van der Waals surface area contributed by atoms with E-state index in [9.17, 15) is 14.7 Å². The molecule has 1 aromatic rings. The minimum absolute atomic E-state index is 0.556. The molecule has 0 fully saturated rings.